The average Bonchev–Trinajstić information content (AvgIpc) is 2.16. The van der Waals surface area contributed by atoms with Crippen LogP contribution in [0.4, 0.5) is 0 Å². The van der Waals surface area contributed by atoms with Crippen molar-refractivity contribution >= 4 is 0 Å². The number of rotatable bonds is 4. The fourth-order valence-electron chi connectivity index (χ4n) is 2.19. The number of allylic oxidation sites excluding steroid dienone is 5. The van der Waals surface area contributed by atoms with Crippen LogP contribution in [0.3, 0.4) is 0 Å². The molecule has 15 heavy (non-hydrogen) atoms. The van der Waals surface area contributed by atoms with E-state index in [-0.39, 0.29) is 5.41 Å². The van der Waals surface area contributed by atoms with Gasteiger partial charge in [-0.05, 0) is 31.3 Å². The molecule has 0 N–H and O–H groups in total. The summed E-state index contributed by atoms with van der Waals surface area (Å²) in [5.41, 5.74) is 1.10. The summed E-state index contributed by atoms with van der Waals surface area (Å²) in [6.45, 7) is 7.88. The van der Waals surface area contributed by atoms with Crippen LogP contribution < -0.4 is 0 Å². The van der Waals surface area contributed by atoms with Crippen molar-refractivity contribution in [2.75, 3.05) is 0 Å². The molecule has 0 aromatic carbocycles. The smallest absolute Gasteiger partial charge is 0.0696 e. The van der Waals surface area contributed by atoms with Crippen molar-refractivity contribution in [3.63, 3.8) is 0 Å². The highest BCUT2D eigenvalue weighted by Gasteiger charge is 2.42. The lowest BCUT2D eigenvalue weighted by atomic mass is 9.60. The Morgan fingerprint density at radius 3 is 2.53 bits per heavy atom. The van der Waals surface area contributed by atoms with Crippen LogP contribution in [-0.2, 0) is 0 Å². The molecule has 0 aliphatic heterocycles. The molecule has 1 aliphatic rings. The van der Waals surface area contributed by atoms with Crippen molar-refractivity contribution in [2.45, 2.75) is 33.1 Å². The summed E-state index contributed by atoms with van der Waals surface area (Å²) in [5, 5.41) is 9.27. The van der Waals surface area contributed by atoms with Gasteiger partial charge in [0.15, 0.2) is 0 Å². The van der Waals surface area contributed by atoms with E-state index in [2.05, 4.69) is 25.6 Å². The van der Waals surface area contributed by atoms with Crippen LogP contribution in [0.15, 0.2) is 36.5 Å². The predicted molar refractivity (Wildman–Crippen MR) is 64.2 cm³/mol. The Balaban J connectivity index is 2.90. The maximum atomic E-state index is 9.27. The molecule has 80 valence electrons. The fraction of sp³-hybridized carbons (Fsp3) is 0.500. The molecule has 1 nitrogen and oxygen atoms in total. The van der Waals surface area contributed by atoms with Crippen molar-refractivity contribution < 1.29 is 0 Å². The monoisotopic (exact) mass is 201 g/mol. The minimum absolute atomic E-state index is 0.117. The Kier molecular flexibility index (Phi) is 3.91. The first-order valence-corrected chi connectivity index (χ1v) is 5.57. The summed E-state index contributed by atoms with van der Waals surface area (Å²) < 4.78 is 0. The van der Waals surface area contributed by atoms with E-state index >= 15 is 0 Å². The molecule has 1 unspecified atom stereocenters. The highest BCUT2D eigenvalue weighted by molar-refractivity contribution is 5.30. The maximum absolute atomic E-state index is 9.27. The Morgan fingerprint density at radius 1 is 1.53 bits per heavy atom. The Bertz CT molecular complexity index is 324. The molecule has 1 rings (SSSR count). The second kappa shape index (κ2) is 4.98. The molecule has 0 radical (unpaired) electrons. The minimum atomic E-state index is -0.117. The quantitative estimate of drug-likeness (QED) is 0.630. The number of nitrogens with zero attached hydrogens (tertiary/aromatic N) is 1. The van der Waals surface area contributed by atoms with Gasteiger partial charge in [0, 0.05) is 0 Å². The van der Waals surface area contributed by atoms with Crippen LogP contribution >= 0.6 is 0 Å². The van der Waals surface area contributed by atoms with Crippen LogP contribution in [-0.4, -0.2) is 0 Å². The van der Waals surface area contributed by atoms with Crippen LogP contribution in [0, 0.1) is 22.7 Å². The highest BCUT2D eigenvalue weighted by atomic mass is 14.5. The van der Waals surface area contributed by atoms with E-state index in [0.29, 0.717) is 5.92 Å². The van der Waals surface area contributed by atoms with Crippen LogP contribution in [0.2, 0.25) is 0 Å². The first kappa shape index (κ1) is 11.8. The second-order valence-corrected chi connectivity index (χ2v) is 4.25. The molecule has 1 saturated carbocycles. The van der Waals surface area contributed by atoms with Crippen molar-refractivity contribution in [3.8, 4) is 6.07 Å². The van der Waals surface area contributed by atoms with E-state index in [1.807, 2.05) is 19.1 Å². The molecule has 0 heterocycles. The summed E-state index contributed by atoms with van der Waals surface area (Å²) in [6, 6.07) is 2.50. The van der Waals surface area contributed by atoms with E-state index in [0.717, 1.165) is 12.8 Å². The van der Waals surface area contributed by atoms with E-state index in [1.165, 1.54) is 12.0 Å². The molecule has 0 bridgehead atoms. The second-order valence-electron chi connectivity index (χ2n) is 4.25. The zero-order valence-corrected chi connectivity index (χ0v) is 9.66. The van der Waals surface area contributed by atoms with Crippen LogP contribution in [0.1, 0.15) is 33.1 Å². The largest absolute Gasteiger partial charge is 0.198 e. The third-order valence-corrected chi connectivity index (χ3v) is 3.47. The maximum Gasteiger partial charge on any atom is 0.0696 e. The normalized spacial score (nSPS) is 21.8. The fourth-order valence-corrected chi connectivity index (χ4v) is 2.19. The summed E-state index contributed by atoms with van der Waals surface area (Å²) >= 11 is 0. The number of hydrogen-bond acceptors (Lipinski definition) is 1. The van der Waals surface area contributed by atoms with E-state index in [9.17, 15) is 5.26 Å². The summed E-state index contributed by atoms with van der Waals surface area (Å²) in [4.78, 5) is 0. The van der Waals surface area contributed by atoms with E-state index in [1.54, 1.807) is 6.08 Å². The van der Waals surface area contributed by atoms with Gasteiger partial charge in [-0.1, -0.05) is 44.2 Å². The Morgan fingerprint density at radius 2 is 2.20 bits per heavy atom. The standard InChI is InChI=1S/C14H19N/c1-4-7-13(8-5-2)12(3)14(11-15)9-6-10-14/h4-5,7-8,12H,1,6,9-10H2,2-3H3/b8-5-,13-7+. The third-order valence-electron chi connectivity index (χ3n) is 3.47. The first-order chi connectivity index (χ1) is 7.20. The molecule has 1 atom stereocenters. The van der Waals surface area contributed by atoms with Crippen molar-refractivity contribution in [1.29, 1.82) is 5.26 Å². The summed E-state index contributed by atoms with van der Waals surface area (Å²) in [5.74, 6) is 0.311. The number of nitriles is 1. The molecule has 0 aromatic heterocycles. The van der Waals surface area contributed by atoms with Crippen molar-refractivity contribution in [2.24, 2.45) is 11.3 Å². The van der Waals surface area contributed by atoms with Gasteiger partial charge in [-0.3, -0.25) is 0 Å². The third kappa shape index (κ3) is 2.21. The van der Waals surface area contributed by atoms with Gasteiger partial charge in [0.1, 0.15) is 0 Å². The minimum Gasteiger partial charge on any atom is -0.198 e. The predicted octanol–water partition coefficient (Wildman–Crippen LogP) is 4.00. The average molecular weight is 201 g/mol. The Labute approximate surface area is 92.8 Å². The SMILES string of the molecule is C=C/C=C(\C=C/C)C(C)C1(C#N)CCC1. The van der Waals surface area contributed by atoms with E-state index < -0.39 is 0 Å². The van der Waals surface area contributed by atoms with Gasteiger partial charge in [0.05, 0.1) is 11.5 Å². The van der Waals surface area contributed by atoms with Gasteiger partial charge < -0.3 is 0 Å². The van der Waals surface area contributed by atoms with Gasteiger partial charge >= 0.3 is 0 Å². The molecule has 0 amide bonds. The first-order valence-electron chi connectivity index (χ1n) is 5.57. The molecule has 1 aliphatic carbocycles. The molecular formula is C14H19N. The van der Waals surface area contributed by atoms with Crippen LogP contribution in [0.25, 0.3) is 0 Å². The van der Waals surface area contributed by atoms with Crippen molar-refractivity contribution in [1.82, 2.24) is 0 Å². The molecule has 1 heteroatoms. The van der Waals surface area contributed by atoms with Crippen molar-refractivity contribution in [3.05, 3.63) is 36.5 Å². The van der Waals surface area contributed by atoms with Gasteiger partial charge in [0.2, 0.25) is 0 Å². The number of hydrogen-bond donors (Lipinski definition) is 0. The van der Waals surface area contributed by atoms with Gasteiger partial charge in [-0.15, -0.1) is 0 Å². The molecule has 1 fully saturated rings. The molecule has 0 spiro atoms. The molecular weight excluding hydrogens is 182 g/mol. The van der Waals surface area contributed by atoms with Crippen LogP contribution in [0.5, 0.6) is 0 Å². The lowest BCUT2D eigenvalue weighted by Gasteiger charge is -2.41. The van der Waals surface area contributed by atoms with Gasteiger partial charge in [0.25, 0.3) is 0 Å². The van der Waals surface area contributed by atoms with E-state index in [4.69, 9.17) is 0 Å². The topological polar surface area (TPSA) is 23.8 Å². The zero-order valence-electron chi connectivity index (χ0n) is 9.66. The molecule has 0 saturated heterocycles. The summed E-state index contributed by atoms with van der Waals surface area (Å²) in [7, 11) is 0. The van der Waals surface area contributed by atoms with Gasteiger partial charge in [-0.25, -0.2) is 0 Å². The summed E-state index contributed by atoms with van der Waals surface area (Å²) in [6.07, 6.45) is 11.2. The lowest BCUT2D eigenvalue weighted by Crippen LogP contribution is -2.35. The lowest BCUT2D eigenvalue weighted by molar-refractivity contribution is 0.154. The highest BCUT2D eigenvalue weighted by Crippen LogP contribution is 2.49. The zero-order chi connectivity index (χ0) is 11.3. The molecule has 0 aromatic rings. The van der Waals surface area contributed by atoms with Gasteiger partial charge in [-0.2, -0.15) is 5.26 Å². The Hall–Kier alpha value is -1.29.